The summed E-state index contributed by atoms with van der Waals surface area (Å²) in [6.45, 7) is 9.51. The van der Waals surface area contributed by atoms with Gasteiger partial charge in [-0.1, -0.05) is 6.92 Å². The molecule has 1 atom stereocenters. The Labute approximate surface area is 122 Å². The minimum Gasteiger partial charge on any atom is -0.389 e. The summed E-state index contributed by atoms with van der Waals surface area (Å²) in [5.74, 6) is 0.923. The SMILES string of the molecule is CCCn1ncnc1CC1(O)CCCN(C(C)C)CC1. The quantitative estimate of drug-likeness (QED) is 0.894. The van der Waals surface area contributed by atoms with Gasteiger partial charge in [-0.05, 0) is 46.1 Å². The Balaban J connectivity index is 2.01. The van der Waals surface area contributed by atoms with Crippen LogP contribution in [0.25, 0.3) is 0 Å². The Morgan fingerprint density at radius 1 is 1.35 bits per heavy atom. The Hall–Kier alpha value is -0.940. The lowest BCUT2D eigenvalue weighted by Gasteiger charge is -2.27. The number of aromatic nitrogens is 3. The third kappa shape index (κ3) is 3.79. The van der Waals surface area contributed by atoms with Crippen molar-refractivity contribution in [2.45, 2.75) is 71.1 Å². The van der Waals surface area contributed by atoms with Crippen molar-refractivity contribution in [3.05, 3.63) is 12.2 Å². The minimum atomic E-state index is -0.623. The largest absolute Gasteiger partial charge is 0.389 e. The molecule has 1 aliphatic rings. The summed E-state index contributed by atoms with van der Waals surface area (Å²) in [4.78, 5) is 6.79. The molecule has 0 radical (unpaired) electrons. The lowest BCUT2D eigenvalue weighted by Crippen LogP contribution is -2.36. The molecule has 1 N–H and O–H groups in total. The molecular formula is C15H28N4O. The van der Waals surface area contributed by atoms with Crippen LogP contribution >= 0.6 is 0 Å². The van der Waals surface area contributed by atoms with Crippen molar-refractivity contribution < 1.29 is 5.11 Å². The molecule has 114 valence electrons. The predicted octanol–water partition coefficient (Wildman–Crippen LogP) is 1.86. The van der Waals surface area contributed by atoms with E-state index >= 15 is 0 Å². The highest BCUT2D eigenvalue weighted by Gasteiger charge is 2.32. The Morgan fingerprint density at radius 3 is 2.85 bits per heavy atom. The average Bonchev–Trinajstić information content (AvgIpc) is 2.70. The fourth-order valence-electron chi connectivity index (χ4n) is 3.01. The van der Waals surface area contributed by atoms with E-state index in [4.69, 9.17) is 0 Å². The fraction of sp³-hybridized carbons (Fsp3) is 0.867. The second-order valence-electron chi connectivity index (χ2n) is 6.28. The fourth-order valence-corrected chi connectivity index (χ4v) is 3.01. The first-order chi connectivity index (χ1) is 9.54. The van der Waals surface area contributed by atoms with Crippen LogP contribution in [0.5, 0.6) is 0 Å². The van der Waals surface area contributed by atoms with E-state index in [2.05, 4.69) is 35.8 Å². The van der Waals surface area contributed by atoms with Crippen LogP contribution in [0.4, 0.5) is 0 Å². The Morgan fingerprint density at radius 2 is 2.15 bits per heavy atom. The van der Waals surface area contributed by atoms with E-state index < -0.39 is 5.60 Å². The van der Waals surface area contributed by atoms with Crippen molar-refractivity contribution in [1.82, 2.24) is 19.7 Å². The van der Waals surface area contributed by atoms with Gasteiger partial charge in [-0.25, -0.2) is 4.98 Å². The van der Waals surface area contributed by atoms with Crippen LogP contribution < -0.4 is 0 Å². The van der Waals surface area contributed by atoms with Crippen molar-refractivity contribution in [1.29, 1.82) is 0 Å². The number of nitrogens with zero attached hydrogens (tertiary/aromatic N) is 4. The van der Waals surface area contributed by atoms with Crippen molar-refractivity contribution >= 4 is 0 Å². The van der Waals surface area contributed by atoms with Gasteiger partial charge in [0.1, 0.15) is 12.2 Å². The molecule has 2 heterocycles. The highest BCUT2D eigenvalue weighted by Crippen LogP contribution is 2.26. The summed E-state index contributed by atoms with van der Waals surface area (Å²) in [5, 5.41) is 15.2. The highest BCUT2D eigenvalue weighted by molar-refractivity contribution is 4.96. The van der Waals surface area contributed by atoms with Crippen LogP contribution in [0.15, 0.2) is 6.33 Å². The smallest absolute Gasteiger partial charge is 0.138 e. The molecule has 20 heavy (non-hydrogen) atoms. The first-order valence-electron chi connectivity index (χ1n) is 7.87. The van der Waals surface area contributed by atoms with Gasteiger partial charge in [0.2, 0.25) is 0 Å². The van der Waals surface area contributed by atoms with Crippen LogP contribution in [0.1, 0.15) is 52.3 Å². The molecule has 0 spiro atoms. The maximum Gasteiger partial charge on any atom is 0.138 e. The van der Waals surface area contributed by atoms with Gasteiger partial charge in [-0.2, -0.15) is 5.10 Å². The zero-order valence-corrected chi connectivity index (χ0v) is 13.0. The lowest BCUT2D eigenvalue weighted by atomic mass is 9.91. The minimum absolute atomic E-state index is 0.557. The van der Waals surface area contributed by atoms with E-state index in [9.17, 15) is 5.11 Å². The van der Waals surface area contributed by atoms with E-state index in [1.807, 2.05) is 4.68 Å². The topological polar surface area (TPSA) is 54.2 Å². The molecule has 0 bridgehead atoms. The Kier molecular flexibility index (Phi) is 5.16. The molecule has 1 saturated heterocycles. The highest BCUT2D eigenvalue weighted by atomic mass is 16.3. The normalized spacial score (nSPS) is 25.1. The van der Waals surface area contributed by atoms with Crippen LogP contribution in [0.2, 0.25) is 0 Å². The van der Waals surface area contributed by atoms with Crippen LogP contribution in [0, 0.1) is 0 Å². The summed E-state index contributed by atoms with van der Waals surface area (Å²) in [5.41, 5.74) is -0.623. The number of rotatable bonds is 5. The molecular weight excluding hydrogens is 252 g/mol. The van der Waals surface area contributed by atoms with Gasteiger partial charge in [0.05, 0.1) is 5.60 Å². The monoisotopic (exact) mass is 280 g/mol. The zero-order valence-electron chi connectivity index (χ0n) is 13.0. The second-order valence-corrected chi connectivity index (χ2v) is 6.28. The van der Waals surface area contributed by atoms with E-state index in [0.29, 0.717) is 12.5 Å². The first-order valence-corrected chi connectivity index (χ1v) is 7.87. The van der Waals surface area contributed by atoms with E-state index in [1.54, 1.807) is 6.33 Å². The lowest BCUT2D eigenvalue weighted by molar-refractivity contribution is 0.0220. The maximum absolute atomic E-state index is 10.9. The summed E-state index contributed by atoms with van der Waals surface area (Å²) < 4.78 is 1.93. The standard InChI is InChI=1S/C15H28N4O/c1-4-8-19-14(16-12-17-19)11-15(20)6-5-9-18(10-7-15)13(2)3/h12-13,20H,4-11H2,1-3H3. The Bertz CT molecular complexity index is 418. The van der Waals surface area contributed by atoms with Crippen molar-refractivity contribution in [2.75, 3.05) is 13.1 Å². The van der Waals surface area contributed by atoms with Gasteiger partial charge in [0.25, 0.3) is 0 Å². The van der Waals surface area contributed by atoms with Crippen LogP contribution in [-0.4, -0.2) is 49.5 Å². The molecule has 0 amide bonds. The second kappa shape index (κ2) is 6.68. The van der Waals surface area contributed by atoms with Gasteiger partial charge < -0.3 is 10.0 Å². The number of aliphatic hydroxyl groups is 1. The average molecular weight is 280 g/mol. The number of likely N-dealkylation sites (tertiary alicyclic amines) is 1. The molecule has 1 aromatic rings. The first kappa shape index (κ1) is 15.4. The third-order valence-electron chi connectivity index (χ3n) is 4.30. The molecule has 0 aromatic carbocycles. The summed E-state index contributed by atoms with van der Waals surface area (Å²) in [7, 11) is 0. The van der Waals surface area contributed by atoms with Crippen molar-refractivity contribution in [3.63, 3.8) is 0 Å². The molecule has 0 saturated carbocycles. The number of aryl methyl sites for hydroxylation is 1. The van der Waals surface area contributed by atoms with Crippen molar-refractivity contribution in [2.24, 2.45) is 0 Å². The molecule has 1 fully saturated rings. The van der Waals surface area contributed by atoms with Crippen LogP contribution in [-0.2, 0) is 13.0 Å². The molecule has 5 nitrogen and oxygen atoms in total. The predicted molar refractivity (Wildman–Crippen MR) is 79.5 cm³/mol. The summed E-state index contributed by atoms with van der Waals surface area (Å²) in [6, 6.07) is 0.557. The van der Waals surface area contributed by atoms with Gasteiger partial charge in [0, 0.05) is 25.6 Å². The van der Waals surface area contributed by atoms with E-state index in [-0.39, 0.29) is 0 Å². The van der Waals surface area contributed by atoms with Crippen LogP contribution in [0.3, 0.4) is 0 Å². The molecule has 0 aliphatic carbocycles. The molecule has 1 unspecified atom stereocenters. The third-order valence-corrected chi connectivity index (χ3v) is 4.30. The summed E-state index contributed by atoms with van der Waals surface area (Å²) in [6.07, 6.45) is 6.00. The molecule has 1 aromatic heterocycles. The number of hydrogen-bond acceptors (Lipinski definition) is 4. The molecule has 1 aliphatic heterocycles. The molecule has 2 rings (SSSR count). The molecule has 5 heteroatoms. The van der Waals surface area contributed by atoms with E-state index in [1.165, 1.54) is 0 Å². The van der Waals surface area contributed by atoms with Crippen molar-refractivity contribution in [3.8, 4) is 0 Å². The maximum atomic E-state index is 10.9. The van der Waals surface area contributed by atoms with E-state index in [0.717, 1.165) is 51.1 Å². The summed E-state index contributed by atoms with van der Waals surface area (Å²) >= 11 is 0. The van der Waals surface area contributed by atoms with Gasteiger partial charge in [0.15, 0.2) is 0 Å². The van der Waals surface area contributed by atoms with Gasteiger partial charge in [-0.15, -0.1) is 0 Å². The van der Waals surface area contributed by atoms with Gasteiger partial charge >= 0.3 is 0 Å². The number of hydrogen-bond donors (Lipinski definition) is 1. The van der Waals surface area contributed by atoms with Gasteiger partial charge in [-0.3, -0.25) is 4.68 Å². The zero-order chi connectivity index (χ0) is 14.6.